The highest BCUT2D eigenvalue weighted by molar-refractivity contribution is 9.10. The SMILES string of the molecule is CC(Br)C(=O)O[C@@H](C(=O)O)c1ccccc1. The van der Waals surface area contributed by atoms with Crippen LogP contribution in [0.15, 0.2) is 30.3 Å². The van der Waals surface area contributed by atoms with E-state index in [0.717, 1.165) is 0 Å². The molecule has 0 saturated carbocycles. The molecule has 1 aromatic carbocycles. The van der Waals surface area contributed by atoms with Crippen molar-refractivity contribution in [3.8, 4) is 0 Å². The van der Waals surface area contributed by atoms with Gasteiger partial charge in [-0.1, -0.05) is 46.3 Å². The second-order valence-electron chi connectivity index (χ2n) is 3.18. The highest BCUT2D eigenvalue weighted by Crippen LogP contribution is 2.19. The van der Waals surface area contributed by atoms with E-state index in [-0.39, 0.29) is 0 Å². The van der Waals surface area contributed by atoms with Crippen LogP contribution in [0, 0.1) is 0 Å². The lowest BCUT2D eigenvalue weighted by Crippen LogP contribution is -2.23. The van der Waals surface area contributed by atoms with Gasteiger partial charge in [0.1, 0.15) is 4.83 Å². The summed E-state index contributed by atoms with van der Waals surface area (Å²) in [5, 5.41) is 8.96. The normalized spacial score (nSPS) is 13.9. The van der Waals surface area contributed by atoms with Crippen molar-refractivity contribution in [3.63, 3.8) is 0 Å². The largest absolute Gasteiger partial charge is 0.478 e. The van der Waals surface area contributed by atoms with Gasteiger partial charge >= 0.3 is 11.9 Å². The van der Waals surface area contributed by atoms with E-state index >= 15 is 0 Å². The van der Waals surface area contributed by atoms with Crippen molar-refractivity contribution in [2.75, 3.05) is 0 Å². The van der Waals surface area contributed by atoms with Gasteiger partial charge in [0, 0.05) is 5.56 Å². The van der Waals surface area contributed by atoms with Gasteiger partial charge in [-0.3, -0.25) is 4.79 Å². The van der Waals surface area contributed by atoms with E-state index in [1.807, 2.05) is 0 Å². The number of alkyl halides is 1. The Hall–Kier alpha value is -1.36. The van der Waals surface area contributed by atoms with E-state index in [4.69, 9.17) is 9.84 Å². The van der Waals surface area contributed by atoms with Crippen molar-refractivity contribution in [2.24, 2.45) is 0 Å². The molecule has 0 heterocycles. The first-order valence-corrected chi connectivity index (χ1v) is 5.56. The highest BCUT2D eigenvalue weighted by atomic mass is 79.9. The van der Waals surface area contributed by atoms with Crippen LogP contribution in [0.5, 0.6) is 0 Å². The molecule has 4 nitrogen and oxygen atoms in total. The molecule has 0 amide bonds. The van der Waals surface area contributed by atoms with Gasteiger partial charge in [-0.05, 0) is 6.92 Å². The number of ether oxygens (including phenoxy) is 1. The van der Waals surface area contributed by atoms with Gasteiger partial charge in [-0.25, -0.2) is 4.79 Å². The van der Waals surface area contributed by atoms with Gasteiger partial charge in [0.15, 0.2) is 0 Å². The van der Waals surface area contributed by atoms with Crippen LogP contribution < -0.4 is 0 Å². The number of hydrogen-bond donors (Lipinski definition) is 1. The van der Waals surface area contributed by atoms with Gasteiger partial charge in [-0.15, -0.1) is 0 Å². The number of rotatable bonds is 4. The number of carboxylic acids is 1. The summed E-state index contributed by atoms with van der Waals surface area (Å²) >= 11 is 3.02. The standard InChI is InChI=1S/C11H11BrO4/c1-7(12)11(15)16-9(10(13)14)8-5-3-2-4-6-8/h2-7,9H,1H3,(H,13,14)/t7?,9-/m1/s1. The number of benzene rings is 1. The van der Waals surface area contributed by atoms with E-state index in [9.17, 15) is 9.59 Å². The summed E-state index contributed by atoms with van der Waals surface area (Å²) in [6, 6.07) is 8.35. The summed E-state index contributed by atoms with van der Waals surface area (Å²) < 4.78 is 4.87. The van der Waals surface area contributed by atoms with Crippen LogP contribution in [0.3, 0.4) is 0 Å². The van der Waals surface area contributed by atoms with Gasteiger partial charge in [-0.2, -0.15) is 0 Å². The van der Waals surface area contributed by atoms with E-state index in [0.29, 0.717) is 5.56 Å². The average molecular weight is 287 g/mol. The first kappa shape index (κ1) is 12.7. The summed E-state index contributed by atoms with van der Waals surface area (Å²) in [4.78, 5) is 21.7. The summed E-state index contributed by atoms with van der Waals surface area (Å²) in [6.45, 7) is 1.58. The first-order chi connectivity index (χ1) is 7.52. The van der Waals surface area contributed by atoms with Gasteiger partial charge in [0.2, 0.25) is 6.10 Å². The molecule has 1 rings (SSSR count). The van der Waals surface area contributed by atoms with E-state index in [1.165, 1.54) is 0 Å². The number of hydrogen-bond acceptors (Lipinski definition) is 3. The second-order valence-corrected chi connectivity index (χ2v) is 4.56. The Morgan fingerprint density at radius 2 is 1.88 bits per heavy atom. The first-order valence-electron chi connectivity index (χ1n) is 4.64. The zero-order chi connectivity index (χ0) is 12.1. The number of aliphatic carboxylic acids is 1. The molecule has 2 atom stereocenters. The number of carbonyl (C=O) groups is 2. The van der Waals surface area contributed by atoms with E-state index < -0.39 is 22.9 Å². The Balaban J connectivity index is 2.85. The van der Waals surface area contributed by atoms with Gasteiger partial charge in [0.05, 0.1) is 0 Å². The van der Waals surface area contributed by atoms with Crippen LogP contribution in [0.2, 0.25) is 0 Å². The number of carbonyl (C=O) groups excluding carboxylic acids is 1. The molecule has 0 bridgehead atoms. The van der Waals surface area contributed by atoms with Crippen molar-refractivity contribution in [1.29, 1.82) is 0 Å². The maximum atomic E-state index is 11.3. The fourth-order valence-electron chi connectivity index (χ4n) is 1.10. The second kappa shape index (κ2) is 5.65. The maximum Gasteiger partial charge on any atom is 0.349 e. The van der Waals surface area contributed by atoms with Crippen molar-refractivity contribution in [3.05, 3.63) is 35.9 Å². The highest BCUT2D eigenvalue weighted by Gasteiger charge is 2.25. The minimum absolute atomic E-state index is 0.441. The Labute approximate surface area is 101 Å². The van der Waals surface area contributed by atoms with Gasteiger partial charge in [0.25, 0.3) is 0 Å². The lowest BCUT2D eigenvalue weighted by Gasteiger charge is -2.14. The van der Waals surface area contributed by atoms with Gasteiger partial charge < -0.3 is 9.84 Å². The molecule has 1 N–H and O–H groups in total. The molecule has 16 heavy (non-hydrogen) atoms. The van der Waals surface area contributed by atoms with Crippen LogP contribution >= 0.6 is 15.9 Å². The quantitative estimate of drug-likeness (QED) is 0.680. The Morgan fingerprint density at radius 3 is 2.31 bits per heavy atom. The fraction of sp³-hybridized carbons (Fsp3) is 0.273. The number of esters is 1. The van der Waals surface area contributed by atoms with E-state index in [2.05, 4.69) is 15.9 Å². The van der Waals surface area contributed by atoms with Crippen LogP contribution in [0.4, 0.5) is 0 Å². The minimum Gasteiger partial charge on any atom is -0.478 e. The smallest absolute Gasteiger partial charge is 0.349 e. The predicted molar refractivity (Wildman–Crippen MR) is 61.3 cm³/mol. The topological polar surface area (TPSA) is 63.6 Å². The molecule has 0 aliphatic heterocycles. The molecule has 1 unspecified atom stereocenters. The van der Waals surface area contributed by atoms with E-state index in [1.54, 1.807) is 37.3 Å². The summed E-state index contributed by atoms with van der Waals surface area (Å²) in [5.41, 5.74) is 0.441. The van der Waals surface area contributed by atoms with Crippen LogP contribution in [-0.2, 0) is 14.3 Å². The maximum absolute atomic E-state index is 11.3. The molecule has 86 valence electrons. The van der Waals surface area contributed by atoms with Crippen LogP contribution in [-0.4, -0.2) is 21.9 Å². The summed E-state index contributed by atoms with van der Waals surface area (Å²) in [7, 11) is 0. The molecule has 0 spiro atoms. The molecule has 0 radical (unpaired) electrons. The molecule has 0 aromatic heterocycles. The zero-order valence-corrected chi connectivity index (χ0v) is 10.2. The number of halogens is 1. The third kappa shape index (κ3) is 3.34. The average Bonchev–Trinajstić information content (AvgIpc) is 2.26. The lowest BCUT2D eigenvalue weighted by molar-refractivity contribution is -0.163. The van der Waals surface area contributed by atoms with Crippen LogP contribution in [0.1, 0.15) is 18.6 Å². The third-order valence-corrected chi connectivity index (χ3v) is 2.26. The Kier molecular flexibility index (Phi) is 4.49. The minimum atomic E-state index is -1.26. The third-order valence-electron chi connectivity index (χ3n) is 1.89. The zero-order valence-electron chi connectivity index (χ0n) is 8.59. The van der Waals surface area contributed by atoms with Crippen molar-refractivity contribution >= 4 is 27.9 Å². The molecule has 0 fully saturated rings. The fourth-order valence-corrected chi connectivity index (χ4v) is 1.21. The molecule has 0 saturated heterocycles. The summed E-state index contributed by atoms with van der Waals surface area (Å²) in [6.07, 6.45) is -1.26. The van der Waals surface area contributed by atoms with Crippen molar-refractivity contribution in [1.82, 2.24) is 0 Å². The lowest BCUT2D eigenvalue weighted by atomic mass is 10.1. The molecule has 5 heteroatoms. The molecule has 1 aromatic rings. The van der Waals surface area contributed by atoms with Crippen LogP contribution in [0.25, 0.3) is 0 Å². The van der Waals surface area contributed by atoms with Crippen molar-refractivity contribution < 1.29 is 19.4 Å². The molecule has 0 aliphatic carbocycles. The number of carboxylic acid groups (broad SMARTS) is 1. The molecular formula is C11H11BrO4. The Bertz CT molecular complexity index is 375. The Morgan fingerprint density at radius 1 is 1.31 bits per heavy atom. The summed E-state index contributed by atoms with van der Waals surface area (Å²) in [5.74, 6) is -1.79. The predicted octanol–water partition coefficient (Wildman–Crippen LogP) is 2.14. The monoisotopic (exact) mass is 286 g/mol. The molecular weight excluding hydrogens is 276 g/mol. The molecule has 0 aliphatic rings. The van der Waals surface area contributed by atoms with Crippen molar-refractivity contribution in [2.45, 2.75) is 17.9 Å².